The number of para-hydroxylation sites is 1. The lowest BCUT2D eigenvalue weighted by Crippen LogP contribution is -2.22. The molecule has 0 aliphatic rings. The van der Waals surface area contributed by atoms with Gasteiger partial charge in [0.2, 0.25) is 0 Å². The smallest absolute Gasteiger partial charge is 0.251 e. The highest BCUT2D eigenvalue weighted by Gasteiger charge is 2.08. The predicted octanol–water partition coefficient (Wildman–Crippen LogP) is 3.79. The third kappa shape index (κ3) is 3.76. The second kappa shape index (κ2) is 7.07. The van der Waals surface area contributed by atoms with Gasteiger partial charge in [0.25, 0.3) is 5.91 Å². The van der Waals surface area contributed by atoms with Crippen molar-refractivity contribution in [3.8, 4) is 5.75 Å². The molecule has 5 heteroatoms. The number of hydrogen-bond donors (Lipinski definition) is 1. The number of rotatable bonds is 6. The molecule has 1 amide bonds. The average molecular weight is 324 g/mol. The lowest BCUT2D eigenvalue weighted by Gasteiger charge is -2.05. The summed E-state index contributed by atoms with van der Waals surface area (Å²) in [6.45, 7) is 4.47. The van der Waals surface area contributed by atoms with Gasteiger partial charge in [-0.3, -0.25) is 4.79 Å². The van der Waals surface area contributed by atoms with E-state index in [4.69, 9.17) is 4.74 Å². The molecular weight excluding hydrogens is 308 g/mol. The Morgan fingerprint density at radius 1 is 1.22 bits per heavy atom. The van der Waals surface area contributed by atoms with Crippen LogP contribution in [0.4, 0.5) is 0 Å². The minimum Gasteiger partial charge on any atom is -0.490 e. The van der Waals surface area contributed by atoms with Gasteiger partial charge in [0, 0.05) is 5.56 Å². The minimum absolute atomic E-state index is 0.125. The second-order valence-corrected chi connectivity index (χ2v) is 6.00. The first-order valence-electron chi connectivity index (χ1n) is 7.22. The maximum Gasteiger partial charge on any atom is 0.251 e. The summed E-state index contributed by atoms with van der Waals surface area (Å²) in [5, 5.41) is 3.78. The zero-order valence-electron chi connectivity index (χ0n) is 12.5. The first-order valence-corrected chi connectivity index (χ1v) is 8.04. The van der Waals surface area contributed by atoms with Gasteiger partial charge in [-0.1, -0.05) is 24.8 Å². The number of hydrogen-bond acceptors (Lipinski definition) is 4. The van der Waals surface area contributed by atoms with Crippen molar-refractivity contribution in [1.29, 1.82) is 0 Å². The third-order valence-electron chi connectivity index (χ3n) is 3.22. The van der Waals surface area contributed by atoms with E-state index in [-0.39, 0.29) is 5.91 Å². The number of carbonyl (C=O) groups is 1. The van der Waals surface area contributed by atoms with E-state index in [1.54, 1.807) is 41.7 Å². The topological polar surface area (TPSA) is 51.2 Å². The van der Waals surface area contributed by atoms with E-state index in [0.29, 0.717) is 24.5 Å². The third-order valence-corrected chi connectivity index (χ3v) is 4.26. The van der Waals surface area contributed by atoms with Crippen LogP contribution in [-0.2, 0) is 6.54 Å². The van der Waals surface area contributed by atoms with Crippen molar-refractivity contribution in [2.45, 2.75) is 6.54 Å². The largest absolute Gasteiger partial charge is 0.490 e. The Morgan fingerprint density at radius 2 is 2.00 bits per heavy atom. The number of aromatic nitrogens is 1. The van der Waals surface area contributed by atoms with Gasteiger partial charge in [-0.05, 0) is 36.4 Å². The lowest BCUT2D eigenvalue weighted by atomic mass is 10.2. The molecule has 0 spiro atoms. The van der Waals surface area contributed by atoms with Crippen molar-refractivity contribution >= 4 is 27.5 Å². The zero-order valence-corrected chi connectivity index (χ0v) is 13.3. The van der Waals surface area contributed by atoms with Crippen molar-refractivity contribution in [1.82, 2.24) is 10.3 Å². The van der Waals surface area contributed by atoms with E-state index in [1.165, 1.54) is 0 Å². The molecule has 0 bridgehead atoms. The van der Waals surface area contributed by atoms with E-state index >= 15 is 0 Å². The quantitative estimate of drug-likeness (QED) is 0.702. The molecule has 0 saturated heterocycles. The van der Waals surface area contributed by atoms with Crippen LogP contribution in [0, 0.1) is 0 Å². The van der Waals surface area contributed by atoms with Crippen LogP contribution in [0.1, 0.15) is 15.4 Å². The molecular formula is C18H16N2O2S. The van der Waals surface area contributed by atoms with Crippen molar-refractivity contribution in [2.24, 2.45) is 0 Å². The maximum atomic E-state index is 12.2. The first kappa shape index (κ1) is 15.2. The van der Waals surface area contributed by atoms with Gasteiger partial charge in [0.1, 0.15) is 17.4 Å². The van der Waals surface area contributed by atoms with Crippen LogP contribution >= 0.6 is 11.3 Å². The van der Waals surface area contributed by atoms with E-state index in [0.717, 1.165) is 15.2 Å². The van der Waals surface area contributed by atoms with E-state index < -0.39 is 0 Å². The van der Waals surface area contributed by atoms with Crippen LogP contribution in [0.25, 0.3) is 10.2 Å². The summed E-state index contributed by atoms with van der Waals surface area (Å²) >= 11 is 1.59. The predicted molar refractivity (Wildman–Crippen MR) is 92.9 cm³/mol. The Labute approximate surface area is 138 Å². The zero-order chi connectivity index (χ0) is 16.1. The van der Waals surface area contributed by atoms with Gasteiger partial charge in [-0.2, -0.15) is 0 Å². The summed E-state index contributed by atoms with van der Waals surface area (Å²) in [4.78, 5) is 16.7. The molecule has 1 aromatic heterocycles. The van der Waals surface area contributed by atoms with E-state index in [2.05, 4.69) is 16.9 Å². The number of benzene rings is 2. The van der Waals surface area contributed by atoms with Crippen LogP contribution in [0.3, 0.4) is 0 Å². The molecule has 3 aromatic rings. The van der Waals surface area contributed by atoms with Crippen molar-refractivity contribution in [2.75, 3.05) is 6.61 Å². The molecule has 0 fully saturated rings. The summed E-state index contributed by atoms with van der Waals surface area (Å²) in [5.74, 6) is 0.590. The SMILES string of the molecule is C=CCOc1ccc(C(=O)NCc2nc3ccccc3s2)cc1. The Bertz CT molecular complexity index is 791. The number of fused-ring (bicyclic) bond motifs is 1. The first-order chi connectivity index (χ1) is 11.3. The fourth-order valence-electron chi connectivity index (χ4n) is 2.11. The Morgan fingerprint density at radius 3 is 2.74 bits per heavy atom. The van der Waals surface area contributed by atoms with Crippen LogP contribution < -0.4 is 10.1 Å². The Kier molecular flexibility index (Phi) is 4.68. The molecule has 4 nitrogen and oxygen atoms in total. The molecule has 116 valence electrons. The second-order valence-electron chi connectivity index (χ2n) is 4.88. The Balaban J connectivity index is 1.61. The maximum absolute atomic E-state index is 12.2. The number of thiazole rings is 1. The molecule has 23 heavy (non-hydrogen) atoms. The highest BCUT2D eigenvalue weighted by Crippen LogP contribution is 2.21. The van der Waals surface area contributed by atoms with Gasteiger partial charge in [0.05, 0.1) is 16.8 Å². The number of amides is 1. The highest BCUT2D eigenvalue weighted by molar-refractivity contribution is 7.18. The van der Waals surface area contributed by atoms with Crippen LogP contribution in [-0.4, -0.2) is 17.5 Å². The molecule has 1 heterocycles. The monoisotopic (exact) mass is 324 g/mol. The number of carbonyl (C=O) groups excluding carboxylic acids is 1. The van der Waals surface area contributed by atoms with Gasteiger partial charge in [-0.25, -0.2) is 4.98 Å². The van der Waals surface area contributed by atoms with Gasteiger partial charge < -0.3 is 10.1 Å². The number of ether oxygens (including phenoxy) is 1. The van der Waals surface area contributed by atoms with E-state index in [1.807, 2.05) is 24.3 Å². The summed E-state index contributed by atoms with van der Waals surface area (Å²) in [6.07, 6.45) is 1.68. The summed E-state index contributed by atoms with van der Waals surface area (Å²) in [5.41, 5.74) is 1.56. The van der Waals surface area contributed by atoms with Crippen molar-refractivity contribution in [3.63, 3.8) is 0 Å². The molecule has 0 unspecified atom stereocenters. The summed E-state index contributed by atoms with van der Waals surface area (Å²) in [6, 6.07) is 15.0. The molecule has 2 aromatic carbocycles. The average Bonchev–Trinajstić information content (AvgIpc) is 3.01. The molecule has 3 rings (SSSR count). The lowest BCUT2D eigenvalue weighted by molar-refractivity contribution is 0.0951. The molecule has 0 saturated carbocycles. The molecule has 1 N–H and O–H groups in total. The van der Waals surface area contributed by atoms with Gasteiger partial charge >= 0.3 is 0 Å². The standard InChI is InChI=1S/C18H16N2O2S/c1-2-11-22-14-9-7-13(8-10-14)18(21)19-12-17-20-15-5-3-4-6-16(15)23-17/h2-10H,1,11-12H2,(H,19,21). The molecule has 0 radical (unpaired) electrons. The normalized spacial score (nSPS) is 10.4. The molecule has 0 atom stereocenters. The number of nitrogens with one attached hydrogen (secondary N) is 1. The molecule has 0 aliphatic heterocycles. The summed E-state index contributed by atoms with van der Waals surface area (Å²) < 4.78 is 6.52. The van der Waals surface area contributed by atoms with Gasteiger partial charge in [-0.15, -0.1) is 11.3 Å². The van der Waals surface area contributed by atoms with Gasteiger partial charge in [0.15, 0.2) is 0 Å². The van der Waals surface area contributed by atoms with Crippen molar-refractivity contribution in [3.05, 3.63) is 71.8 Å². The number of nitrogens with zero attached hydrogens (tertiary/aromatic N) is 1. The summed E-state index contributed by atoms with van der Waals surface area (Å²) in [7, 11) is 0. The fraction of sp³-hybridized carbons (Fsp3) is 0.111. The van der Waals surface area contributed by atoms with Crippen LogP contribution in [0.2, 0.25) is 0 Å². The Hall–Kier alpha value is -2.66. The van der Waals surface area contributed by atoms with E-state index in [9.17, 15) is 4.79 Å². The fourth-order valence-corrected chi connectivity index (χ4v) is 3.02. The molecule has 0 aliphatic carbocycles. The highest BCUT2D eigenvalue weighted by atomic mass is 32.1. The van der Waals surface area contributed by atoms with Crippen LogP contribution in [0.5, 0.6) is 5.75 Å². The van der Waals surface area contributed by atoms with Crippen molar-refractivity contribution < 1.29 is 9.53 Å². The van der Waals surface area contributed by atoms with Crippen LogP contribution in [0.15, 0.2) is 61.2 Å². The minimum atomic E-state index is -0.125.